The fourth-order valence-corrected chi connectivity index (χ4v) is 3.10. The van der Waals surface area contributed by atoms with E-state index in [9.17, 15) is 13.6 Å². The van der Waals surface area contributed by atoms with Gasteiger partial charge in [0.25, 0.3) is 5.91 Å². The molecule has 22 heavy (non-hydrogen) atoms. The summed E-state index contributed by atoms with van der Waals surface area (Å²) in [5, 5.41) is 6.23. The number of anilines is 1. The zero-order valence-electron chi connectivity index (χ0n) is 11.8. The maximum Gasteiger partial charge on any atom is 0.278 e. The monoisotopic (exact) mass is 370 g/mol. The van der Waals surface area contributed by atoms with E-state index in [4.69, 9.17) is 4.52 Å². The molecule has 0 aliphatic heterocycles. The van der Waals surface area contributed by atoms with Crippen LogP contribution in [0.3, 0.4) is 0 Å². The third kappa shape index (κ3) is 2.77. The van der Waals surface area contributed by atoms with Crippen molar-refractivity contribution in [2.45, 2.75) is 26.2 Å². The molecule has 1 N–H and O–H groups in total. The van der Waals surface area contributed by atoms with E-state index in [1.807, 2.05) is 0 Å². The first-order valence-corrected chi connectivity index (χ1v) is 7.68. The predicted octanol–water partition coefficient (Wildman–Crippen LogP) is 4.09. The number of aromatic nitrogens is 1. The SMILES string of the molecule is C[C@H]1CCc2onc(C(=O)Nc3c(F)cc(F)cc3Br)c2C1. The number of amides is 1. The van der Waals surface area contributed by atoms with E-state index in [-0.39, 0.29) is 15.9 Å². The molecule has 116 valence electrons. The topological polar surface area (TPSA) is 55.1 Å². The summed E-state index contributed by atoms with van der Waals surface area (Å²) in [7, 11) is 0. The van der Waals surface area contributed by atoms with E-state index in [0.29, 0.717) is 24.2 Å². The van der Waals surface area contributed by atoms with Crippen LogP contribution in [0.25, 0.3) is 0 Å². The summed E-state index contributed by atoms with van der Waals surface area (Å²) in [4.78, 5) is 12.3. The van der Waals surface area contributed by atoms with Crippen LogP contribution in [0.1, 0.15) is 35.2 Å². The van der Waals surface area contributed by atoms with Gasteiger partial charge in [0.1, 0.15) is 11.6 Å². The van der Waals surface area contributed by atoms with Crippen molar-refractivity contribution in [1.29, 1.82) is 0 Å². The molecule has 0 saturated carbocycles. The molecule has 1 aliphatic carbocycles. The Morgan fingerprint density at radius 3 is 2.95 bits per heavy atom. The Morgan fingerprint density at radius 2 is 2.23 bits per heavy atom. The fourth-order valence-electron chi connectivity index (χ4n) is 2.59. The largest absolute Gasteiger partial charge is 0.360 e. The van der Waals surface area contributed by atoms with Crippen LogP contribution in [0.4, 0.5) is 14.5 Å². The normalized spacial score (nSPS) is 17.2. The van der Waals surface area contributed by atoms with E-state index < -0.39 is 17.5 Å². The van der Waals surface area contributed by atoms with E-state index in [2.05, 4.69) is 33.3 Å². The minimum atomic E-state index is -0.856. The lowest BCUT2D eigenvalue weighted by Crippen LogP contribution is -2.18. The van der Waals surface area contributed by atoms with Gasteiger partial charge in [-0.05, 0) is 40.8 Å². The molecule has 0 bridgehead atoms. The Bertz CT molecular complexity index is 722. The van der Waals surface area contributed by atoms with Gasteiger partial charge in [0.05, 0.1) is 5.69 Å². The van der Waals surface area contributed by atoms with Crippen LogP contribution in [0.15, 0.2) is 21.1 Å². The van der Waals surface area contributed by atoms with E-state index in [1.165, 1.54) is 0 Å². The van der Waals surface area contributed by atoms with Gasteiger partial charge in [-0.25, -0.2) is 8.78 Å². The first kappa shape index (κ1) is 15.1. The molecule has 1 aromatic heterocycles. The molecule has 2 aromatic rings. The Balaban J connectivity index is 1.89. The number of aryl methyl sites for hydroxylation is 1. The lowest BCUT2D eigenvalue weighted by atomic mass is 9.88. The van der Waals surface area contributed by atoms with Crippen molar-refractivity contribution in [2.75, 3.05) is 5.32 Å². The molecule has 0 saturated heterocycles. The predicted molar refractivity (Wildman–Crippen MR) is 79.7 cm³/mol. The van der Waals surface area contributed by atoms with Crippen LogP contribution in [0.5, 0.6) is 0 Å². The summed E-state index contributed by atoms with van der Waals surface area (Å²) in [5.74, 6) is -0.999. The Kier molecular flexibility index (Phi) is 3.99. The highest BCUT2D eigenvalue weighted by molar-refractivity contribution is 9.10. The maximum absolute atomic E-state index is 13.8. The number of hydrogen-bond acceptors (Lipinski definition) is 3. The third-order valence-corrected chi connectivity index (χ3v) is 4.37. The minimum Gasteiger partial charge on any atom is -0.360 e. The molecule has 4 nitrogen and oxygen atoms in total. The standard InChI is InChI=1S/C15H13BrF2N2O2/c1-7-2-3-12-9(4-7)13(20-22-12)15(21)19-14-10(16)5-8(17)6-11(14)18/h5-7H,2-4H2,1H3,(H,19,21)/t7-/m0/s1. The second kappa shape index (κ2) is 5.79. The molecule has 3 rings (SSSR count). The fraction of sp³-hybridized carbons (Fsp3) is 0.333. The van der Waals surface area contributed by atoms with Crippen molar-refractivity contribution in [3.63, 3.8) is 0 Å². The zero-order chi connectivity index (χ0) is 15.9. The highest BCUT2D eigenvalue weighted by Crippen LogP contribution is 2.30. The maximum atomic E-state index is 13.8. The number of halogens is 3. The van der Waals surface area contributed by atoms with Crippen molar-refractivity contribution in [3.8, 4) is 0 Å². The molecule has 1 heterocycles. The first-order chi connectivity index (χ1) is 10.5. The average molecular weight is 371 g/mol. The molecule has 1 aliphatic rings. The van der Waals surface area contributed by atoms with Crippen LogP contribution in [0, 0.1) is 17.6 Å². The van der Waals surface area contributed by atoms with Crippen LogP contribution >= 0.6 is 15.9 Å². The van der Waals surface area contributed by atoms with Gasteiger partial charge in [0.2, 0.25) is 0 Å². The van der Waals surface area contributed by atoms with Gasteiger partial charge in [-0.1, -0.05) is 12.1 Å². The van der Waals surface area contributed by atoms with E-state index >= 15 is 0 Å². The number of carbonyl (C=O) groups is 1. The van der Waals surface area contributed by atoms with Gasteiger partial charge in [-0.2, -0.15) is 0 Å². The molecular formula is C15H13BrF2N2O2. The van der Waals surface area contributed by atoms with Gasteiger partial charge in [0, 0.05) is 22.5 Å². The summed E-state index contributed by atoms with van der Waals surface area (Å²) in [6.45, 7) is 2.09. The summed E-state index contributed by atoms with van der Waals surface area (Å²) in [5.41, 5.74) is 0.819. The molecule has 0 spiro atoms. The van der Waals surface area contributed by atoms with Crippen molar-refractivity contribution in [3.05, 3.63) is 45.3 Å². The third-order valence-electron chi connectivity index (χ3n) is 3.75. The molecule has 0 unspecified atom stereocenters. The summed E-state index contributed by atoms with van der Waals surface area (Å²) in [6.07, 6.45) is 2.43. The van der Waals surface area contributed by atoms with Gasteiger partial charge >= 0.3 is 0 Å². The first-order valence-electron chi connectivity index (χ1n) is 6.89. The zero-order valence-corrected chi connectivity index (χ0v) is 13.3. The number of carbonyl (C=O) groups excluding carboxylic acids is 1. The van der Waals surface area contributed by atoms with Crippen LogP contribution in [0.2, 0.25) is 0 Å². The average Bonchev–Trinajstić information content (AvgIpc) is 2.85. The molecule has 1 amide bonds. The summed E-state index contributed by atoms with van der Waals surface area (Å²) in [6, 6.07) is 1.79. The Labute approximate surface area is 134 Å². The second-order valence-electron chi connectivity index (χ2n) is 5.48. The quantitative estimate of drug-likeness (QED) is 0.865. The lowest BCUT2D eigenvalue weighted by molar-refractivity contribution is 0.101. The number of nitrogens with zero attached hydrogens (tertiary/aromatic N) is 1. The number of rotatable bonds is 2. The lowest BCUT2D eigenvalue weighted by Gasteiger charge is -2.16. The van der Waals surface area contributed by atoms with Gasteiger partial charge in [-0.3, -0.25) is 4.79 Å². The molecule has 1 aromatic carbocycles. The van der Waals surface area contributed by atoms with E-state index in [0.717, 1.165) is 24.5 Å². The van der Waals surface area contributed by atoms with Crippen LogP contribution in [-0.2, 0) is 12.8 Å². The van der Waals surface area contributed by atoms with Gasteiger partial charge in [0.15, 0.2) is 11.5 Å². The van der Waals surface area contributed by atoms with E-state index in [1.54, 1.807) is 0 Å². The minimum absolute atomic E-state index is 0.119. The van der Waals surface area contributed by atoms with Gasteiger partial charge in [-0.15, -0.1) is 0 Å². The summed E-state index contributed by atoms with van der Waals surface area (Å²) < 4.78 is 32.2. The number of fused-ring (bicyclic) bond motifs is 1. The Hall–Kier alpha value is -1.76. The van der Waals surface area contributed by atoms with Crippen molar-refractivity contribution in [2.24, 2.45) is 5.92 Å². The van der Waals surface area contributed by atoms with Crippen molar-refractivity contribution in [1.82, 2.24) is 5.16 Å². The number of nitrogens with one attached hydrogen (secondary N) is 1. The number of hydrogen-bond donors (Lipinski definition) is 1. The van der Waals surface area contributed by atoms with Crippen molar-refractivity contribution >= 4 is 27.5 Å². The highest BCUT2D eigenvalue weighted by Gasteiger charge is 2.27. The molecule has 7 heteroatoms. The Morgan fingerprint density at radius 1 is 1.45 bits per heavy atom. The molecule has 1 atom stereocenters. The van der Waals surface area contributed by atoms with Crippen molar-refractivity contribution < 1.29 is 18.1 Å². The molecule has 0 fully saturated rings. The second-order valence-corrected chi connectivity index (χ2v) is 6.33. The smallest absolute Gasteiger partial charge is 0.278 e. The molecular weight excluding hydrogens is 358 g/mol. The highest BCUT2D eigenvalue weighted by atomic mass is 79.9. The van der Waals surface area contributed by atoms with Crippen LogP contribution in [-0.4, -0.2) is 11.1 Å². The van der Waals surface area contributed by atoms with Gasteiger partial charge < -0.3 is 9.84 Å². The summed E-state index contributed by atoms with van der Waals surface area (Å²) >= 11 is 3.04. The molecule has 0 radical (unpaired) electrons. The number of benzene rings is 1. The van der Waals surface area contributed by atoms with Crippen LogP contribution < -0.4 is 5.32 Å².